The van der Waals surface area contributed by atoms with Crippen LogP contribution in [0.2, 0.25) is 0 Å². The zero-order chi connectivity index (χ0) is 14.5. The van der Waals surface area contributed by atoms with Crippen molar-refractivity contribution in [2.45, 2.75) is 32.2 Å². The Morgan fingerprint density at radius 2 is 2.00 bits per heavy atom. The molecule has 0 fully saturated rings. The van der Waals surface area contributed by atoms with Gasteiger partial charge in [-0.3, -0.25) is 10.1 Å². The first-order valence-electron chi connectivity index (χ1n) is 6.04. The lowest BCUT2D eigenvalue weighted by atomic mass is 9.99. The van der Waals surface area contributed by atoms with Crippen molar-refractivity contribution in [3.8, 4) is 0 Å². The van der Waals surface area contributed by atoms with Gasteiger partial charge in [-0.1, -0.05) is 34.1 Å². The SMILES string of the molecule is CC(C)(C)N=NC[C@H](C[N+](=O)[O-])c1ccccc1Br. The van der Waals surface area contributed by atoms with Crippen LogP contribution >= 0.6 is 15.9 Å². The summed E-state index contributed by atoms with van der Waals surface area (Å²) >= 11 is 3.42. The number of halogens is 1. The number of benzene rings is 1. The summed E-state index contributed by atoms with van der Waals surface area (Å²) in [5.41, 5.74) is 0.639. The molecule has 5 nitrogen and oxygen atoms in total. The number of nitrogens with zero attached hydrogens (tertiary/aromatic N) is 3. The standard InChI is InChI=1S/C13H18BrN3O2/c1-13(2,3)16-15-8-10(9-17(18)19)11-6-4-5-7-12(11)14/h4-7,10H,8-9H2,1-3H3/t10-/m1/s1. The molecule has 0 N–H and O–H groups in total. The summed E-state index contributed by atoms with van der Waals surface area (Å²) in [5, 5.41) is 19.0. The molecular formula is C13H18BrN3O2. The average molecular weight is 328 g/mol. The third-order valence-electron chi connectivity index (χ3n) is 2.39. The van der Waals surface area contributed by atoms with Gasteiger partial charge in [-0.25, -0.2) is 0 Å². The van der Waals surface area contributed by atoms with Gasteiger partial charge in [0.15, 0.2) is 0 Å². The number of azo groups is 1. The summed E-state index contributed by atoms with van der Waals surface area (Å²) < 4.78 is 0.868. The van der Waals surface area contributed by atoms with E-state index >= 15 is 0 Å². The van der Waals surface area contributed by atoms with Crippen LogP contribution in [-0.2, 0) is 0 Å². The van der Waals surface area contributed by atoms with Gasteiger partial charge in [0.25, 0.3) is 0 Å². The van der Waals surface area contributed by atoms with Crippen LogP contribution in [0, 0.1) is 10.1 Å². The molecule has 0 aromatic heterocycles. The Morgan fingerprint density at radius 3 is 2.53 bits per heavy atom. The molecule has 0 saturated carbocycles. The van der Waals surface area contributed by atoms with E-state index in [1.165, 1.54) is 0 Å². The van der Waals surface area contributed by atoms with Crippen molar-refractivity contribution in [3.63, 3.8) is 0 Å². The van der Waals surface area contributed by atoms with Gasteiger partial charge in [-0.2, -0.15) is 10.2 Å². The predicted octanol–water partition coefficient (Wildman–Crippen LogP) is 4.06. The Bertz CT molecular complexity index is 469. The largest absolute Gasteiger partial charge is 0.265 e. The van der Waals surface area contributed by atoms with Crippen molar-refractivity contribution in [1.82, 2.24) is 0 Å². The fraction of sp³-hybridized carbons (Fsp3) is 0.538. The van der Waals surface area contributed by atoms with E-state index in [0.29, 0.717) is 6.54 Å². The van der Waals surface area contributed by atoms with Crippen molar-refractivity contribution < 1.29 is 4.92 Å². The second-order valence-electron chi connectivity index (χ2n) is 5.33. The topological polar surface area (TPSA) is 67.9 Å². The molecule has 0 amide bonds. The molecule has 0 aliphatic heterocycles. The van der Waals surface area contributed by atoms with E-state index in [-0.39, 0.29) is 22.9 Å². The molecule has 0 heterocycles. The van der Waals surface area contributed by atoms with E-state index in [2.05, 4.69) is 26.2 Å². The molecule has 0 unspecified atom stereocenters. The Labute approximate surface area is 121 Å². The van der Waals surface area contributed by atoms with E-state index in [0.717, 1.165) is 10.0 Å². The average Bonchev–Trinajstić information content (AvgIpc) is 2.26. The van der Waals surface area contributed by atoms with Crippen LogP contribution < -0.4 is 0 Å². The lowest BCUT2D eigenvalue weighted by molar-refractivity contribution is -0.483. The van der Waals surface area contributed by atoms with Crippen molar-refractivity contribution in [2.75, 3.05) is 13.1 Å². The van der Waals surface area contributed by atoms with Crippen LogP contribution in [0.15, 0.2) is 39.0 Å². The lowest BCUT2D eigenvalue weighted by Crippen LogP contribution is -2.16. The van der Waals surface area contributed by atoms with E-state index < -0.39 is 0 Å². The monoisotopic (exact) mass is 327 g/mol. The van der Waals surface area contributed by atoms with Crippen LogP contribution in [0.5, 0.6) is 0 Å². The molecular weight excluding hydrogens is 310 g/mol. The molecule has 104 valence electrons. The minimum Gasteiger partial charge on any atom is -0.265 e. The summed E-state index contributed by atoms with van der Waals surface area (Å²) in [5.74, 6) is -0.267. The van der Waals surface area contributed by atoms with Crippen molar-refractivity contribution >= 4 is 15.9 Å². The Kier molecular flexibility index (Phi) is 5.60. The second kappa shape index (κ2) is 6.75. The van der Waals surface area contributed by atoms with Crippen molar-refractivity contribution in [3.05, 3.63) is 44.4 Å². The molecule has 0 aliphatic carbocycles. The number of hydrogen-bond acceptors (Lipinski definition) is 4. The van der Waals surface area contributed by atoms with Gasteiger partial charge in [-0.05, 0) is 32.4 Å². The zero-order valence-corrected chi connectivity index (χ0v) is 12.9. The van der Waals surface area contributed by atoms with Gasteiger partial charge < -0.3 is 0 Å². The van der Waals surface area contributed by atoms with Gasteiger partial charge in [0, 0.05) is 9.40 Å². The first-order chi connectivity index (χ1) is 8.79. The fourth-order valence-electron chi connectivity index (χ4n) is 1.59. The van der Waals surface area contributed by atoms with E-state index in [1.54, 1.807) is 0 Å². The Hall–Kier alpha value is -1.30. The minimum atomic E-state index is -0.309. The van der Waals surface area contributed by atoms with E-state index in [4.69, 9.17) is 0 Å². The van der Waals surface area contributed by atoms with E-state index in [1.807, 2.05) is 45.0 Å². The highest BCUT2D eigenvalue weighted by atomic mass is 79.9. The zero-order valence-electron chi connectivity index (χ0n) is 11.3. The molecule has 0 saturated heterocycles. The highest BCUT2D eigenvalue weighted by molar-refractivity contribution is 9.10. The fourth-order valence-corrected chi connectivity index (χ4v) is 2.20. The van der Waals surface area contributed by atoms with Crippen LogP contribution in [0.1, 0.15) is 32.3 Å². The lowest BCUT2D eigenvalue weighted by Gasteiger charge is -2.14. The quantitative estimate of drug-likeness (QED) is 0.465. The van der Waals surface area contributed by atoms with Crippen LogP contribution in [0.4, 0.5) is 0 Å². The molecule has 0 radical (unpaired) electrons. The Morgan fingerprint density at radius 1 is 1.37 bits per heavy atom. The van der Waals surface area contributed by atoms with Crippen LogP contribution in [0.25, 0.3) is 0 Å². The smallest absolute Gasteiger partial charge is 0.212 e. The van der Waals surface area contributed by atoms with Crippen molar-refractivity contribution in [2.24, 2.45) is 10.2 Å². The molecule has 1 atom stereocenters. The highest BCUT2D eigenvalue weighted by Crippen LogP contribution is 2.25. The predicted molar refractivity (Wildman–Crippen MR) is 78.2 cm³/mol. The Balaban J connectivity index is 2.87. The maximum absolute atomic E-state index is 10.8. The van der Waals surface area contributed by atoms with Gasteiger partial charge >= 0.3 is 0 Å². The molecule has 19 heavy (non-hydrogen) atoms. The third kappa shape index (κ3) is 5.92. The molecule has 1 aromatic rings. The normalized spacial score (nSPS) is 13.7. The first kappa shape index (κ1) is 15.8. The summed E-state index contributed by atoms with van der Waals surface area (Å²) in [6.45, 7) is 6.00. The van der Waals surface area contributed by atoms with Crippen LogP contribution in [-0.4, -0.2) is 23.6 Å². The molecule has 0 aliphatic rings. The summed E-state index contributed by atoms with van der Waals surface area (Å²) in [4.78, 5) is 10.5. The minimum absolute atomic E-state index is 0.147. The van der Waals surface area contributed by atoms with Gasteiger partial charge in [0.2, 0.25) is 6.54 Å². The highest BCUT2D eigenvalue weighted by Gasteiger charge is 2.20. The maximum atomic E-state index is 10.8. The van der Waals surface area contributed by atoms with Crippen molar-refractivity contribution in [1.29, 1.82) is 0 Å². The number of rotatable bonds is 5. The molecule has 6 heteroatoms. The molecule has 0 spiro atoms. The summed E-state index contributed by atoms with van der Waals surface area (Å²) in [7, 11) is 0. The maximum Gasteiger partial charge on any atom is 0.212 e. The van der Waals surface area contributed by atoms with Crippen LogP contribution in [0.3, 0.4) is 0 Å². The first-order valence-corrected chi connectivity index (χ1v) is 6.84. The van der Waals surface area contributed by atoms with Gasteiger partial charge in [0.1, 0.15) is 0 Å². The van der Waals surface area contributed by atoms with E-state index in [9.17, 15) is 10.1 Å². The van der Waals surface area contributed by atoms with Gasteiger partial charge in [-0.15, -0.1) is 0 Å². The molecule has 1 aromatic carbocycles. The number of nitro groups is 1. The third-order valence-corrected chi connectivity index (χ3v) is 3.11. The molecule has 1 rings (SSSR count). The van der Waals surface area contributed by atoms with Gasteiger partial charge in [0.05, 0.1) is 18.0 Å². The molecule has 0 bridgehead atoms. The summed E-state index contributed by atoms with van der Waals surface area (Å²) in [6, 6.07) is 7.51. The second-order valence-corrected chi connectivity index (χ2v) is 6.18. The summed E-state index contributed by atoms with van der Waals surface area (Å²) in [6.07, 6.45) is 0. The number of hydrogen-bond donors (Lipinski definition) is 0.